The van der Waals surface area contributed by atoms with Crippen molar-refractivity contribution in [1.82, 2.24) is 5.32 Å². The van der Waals surface area contributed by atoms with Crippen molar-refractivity contribution in [3.63, 3.8) is 0 Å². The molecule has 0 heterocycles. The number of hydrogen-bond donors (Lipinski definition) is 4. The van der Waals surface area contributed by atoms with Crippen LogP contribution in [0.5, 0.6) is 0 Å². The maximum absolute atomic E-state index is 13.0. The van der Waals surface area contributed by atoms with Crippen molar-refractivity contribution in [3.8, 4) is 0 Å². The van der Waals surface area contributed by atoms with Crippen LogP contribution in [-0.2, 0) is 15.8 Å². The van der Waals surface area contributed by atoms with E-state index in [1.165, 1.54) is 6.07 Å². The quantitative estimate of drug-likeness (QED) is 0.669. The fourth-order valence-electron chi connectivity index (χ4n) is 1.57. The first kappa shape index (κ1) is 17.3. The first-order chi connectivity index (χ1) is 10.1. The molecule has 0 atom stereocenters. The van der Waals surface area contributed by atoms with Gasteiger partial charge in [-0.3, -0.25) is 14.9 Å². The van der Waals surface area contributed by atoms with Crippen LogP contribution in [0, 0.1) is 0 Å². The second kappa shape index (κ2) is 6.78. The van der Waals surface area contributed by atoms with Gasteiger partial charge in [0.1, 0.15) is 0 Å². The number of urea groups is 1. The number of carbonyl (C=O) groups is 3. The first-order valence-electron chi connectivity index (χ1n) is 5.91. The zero-order chi connectivity index (χ0) is 16.9. The molecule has 1 aromatic rings. The van der Waals surface area contributed by atoms with Crippen molar-refractivity contribution < 1.29 is 27.6 Å². The zero-order valence-electron chi connectivity index (χ0n) is 11.4. The molecule has 0 aliphatic carbocycles. The lowest BCUT2D eigenvalue weighted by molar-refractivity contribution is -0.137. The van der Waals surface area contributed by atoms with Gasteiger partial charge in [0.15, 0.2) is 0 Å². The van der Waals surface area contributed by atoms with Gasteiger partial charge >= 0.3 is 12.2 Å². The summed E-state index contributed by atoms with van der Waals surface area (Å²) in [7, 11) is 0. The van der Waals surface area contributed by atoms with Gasteiger partial charge < -0.3 is 16.4 Å². The third-order valence-electron chi connectivity index (χ3n) is 2.35. The number of alkyl halides is 3. The van der Waals surface area contributed by atoms with Crippen molar-refractivity contribution in [1.29, 1.82) is 0 Å². The van der Waals surface area contributed by atoms with E-state index in [0.29, 0.717) is 0 Å². The molecule has 0 unspecified atom stereocenters. The van der Waals surface area contributed by atoms with Crippen molar-refractivity contribution in [3.05, 3.63) is 23.8 Å². The summed E-state index contributed by atoms with van der Waals surface area (Å²) in [6, 6.07) is 1.93. The van der Waals surface area contributed by atoms with Gasteiger partial charge in [-0.15, -0.1) is 0 Å². The minimum Gasteiger partial charge on any atom is -0.376 e. The summed E-state index contributed by atoms with van der Waals surface area (Å²) in [4.78, 5) is 32.5. The Kier molecular flexibility index (Phi) is 5.33. The predicted octanol–water partition coefficient (Wildman–Crippen LogP) is 1.27. The van der Waals surface area contributed by atoms with Crippen LogP contribution in [0.4, 0.5) is 29.3 Å². The highest BCUT2D eigenvalue weighted by atomic mass is 19.4. The van der Waals surface area contributed by atoms with Crippen LogP contribution in [0.1, 0.15) is 12.5 Å². The molecular weight excluding hydrogens is 305 g/mol. The van der Waals surface area contributed by atoms with Crippen LogP contribution >= 0.6 is 0 Å². The molecule has 5 N–H and O–H groups in total. The number of anilines is 2. The smallest absolute Gasteiger partial charge is 0.376 e. The average molecular weight is 318 g/mol. The third kappa shape index (κ3) is 5.31. The summed E-state index contributed by atoms with van der Waals surface area (Å²) in [6.45, 7) is 0.582. The molecule has 7 nitrogen and oxygen atoms in total. The van der Waals surface area contributed by atoms with E-state index in [-0.39, 0.29) is 11.4 Å². The lowest BCUT2D eigenvalue weighted by Crippen LogP contribution is -2.38. The molecule has 0 bridgehead atoms. The fraction of sp³-hybridized carbons (Fsp3) is 0.250. The Morgan fingerprint density at radius 3 is 2.36 bits per heavy atom. The SMILES string of the molecule is CC(=O)Nc1ccc(NCC(=O)NC(N)=O)c(C(F)(F)F)c1. The molecule has 1 aromatic carbocycles. The monoisotopic (exact) mass is 318 g/mol. The molecule has 0 radical (unpaired) electrons. The largest absolute Gasteiger partial charge is 0.418 e. The van der Waals surface area contributed by atoms with Crippen molar-refractivity contribution in [2.24, 2.45) is 5.73 Å². The van der Waals surface area contributed by atoms with E-state index < -0.39 is 36.1 Å². The molecule has 0 fully saturated rings. The Balaban J connectivity index is 2.96. The Bertz CT molecular complexity index is 602. The van der Waals surface area contributed by atoms with Crippen LogP contribution in [0.3, 0.4) is 0 Å². The molecule has 120 valence electrons. The van der Waals surface area contributed by atoms with Gasteiger partial charge in [0.25, 0.3) is 0 Å². The van der Waals surface area contributed by atoms with Crippen LogP contribution in [0.25, 0.3) is 0 Å². The summed E-state index contributed by atoms with van der Waals surface area (Å²) in [6.07, 6.45) is -4.70. The van der Waals surface area contributed by atoms with Crippen molar-refractivity contribution in [2.45, 2.75) is 13.1 Å². The summed E-state index contributed by atoms with van der Waals surface area (Å²) in [5, 5.41) is 6.19. The van der Waals surface area contributed by atoms with Crippen LogP contribution < -0.4 is 21.7 Å². The standard InChI is InChI=1S/C12H13F3N4O3/c1-6(20)18-7-2-3-9(8(4-7)12(13,14)15)17-5-10(21)19-11(16)22/h2-4,17H,5H2,1H3,(H,18,20)(H3,16,19,21,22). The third-order valence-corrected chi connectivity index (χ3v) is 2.35. The number of nitrogens with one attached hydrogen (secondary N) is 3. The number of carbonyl (C=O) groups excluding carboxylic acids is 3. The number of hydrogen-bond acceptors (Lipinski definition) is 4. The normalized spacial score (nSPS) is 10.7. The minimum absolute atomic E-state index is 0.0352. The summed E-state index contributed by atoms with van der Waals surface area (Å²) < 4.78 is 38.9. The molecule has 4 amide bonds. The van der Waals surface area contributed by atoms with Gasteiger partial charge in [0.05, 0.1) is 12.1 Å². The molecule has 0 aliphatic heterocycles. The highest BCUT2D eigenvalue weighted by Crippen LogP contribution is 2.36. The minimum atomic E-state index is -4.70. The highest BCUT2D eigenvalue weighted by molar-refractivity contribution is 5.95. The van der Waals surface area contributed by atoms with Crippen LogP contribution in [-0.4, -0.2) is 24.4 Å². The number of primary amides is 1. The Labute approximate surface area is 123 Å². The van der Waals surface area contributed by atoms with Gasteiger partial charge in [-0.05, 0) is 18.2 Å². The summed E-state index contributed by atoms with van der Waals surface area (Å²) in [5.74, 6) is -1.40. The molecule has 1 rings (SSSR count). The lowest BCUT2D eigenvalue weighted by atomic mass is 10.1. The van der Waals surface area contributed by atoms with E-state index in [1.807, 2.05) is 0 Å². The van der Waals surface area contributed by atoms with E-state index in [4.69, 9.17) is 5.73 Å². The molecule has 0 aliphatic rings. The topological polar surface area (TPSA) is 113 Å². The number of halogens is 3. The number of amides is 4. The van der Waals surface area contributed by atoms with Crippen molar-refractivity contribution in [2.75, 3.05) is 17.2 Å². The first-order valence-corrected chi connectivity index (χ1v) is 5.91. The van der Waals surface area contributed by atoms with E-state index in [0.717, 1.165) is 19.1 Å². The summed E-state index contributed by atoms with van der Waals surface area (Å²) in [5.41, 5.74) is 3.24. The highest BCUT2D eigenvalue weighted by Gasteiger charge is 2.34. The average Bonchev–Trinajstić information content (AvgIpc) is 2.34. The Hall–Kier alpha value is -2.78. The van der Waals surface area contributed by atoms with E-state index in [2.05, 4.69) is 10.6 Å². The molecule has 0 aromatic heterocycles. The Morgan fingerprint density at radius 1 is 1.23 bits per heavy atom. The molecular formula is C12H13F3N4O3. The van der Waals surface area contributed by atoms with Gasteiger partial charge in [0, 0.05) is 18.3 Å². The molecule has 10 heteroatoms. The molecule has 0 saturated carbocycles. The van der Waals surface area contributed by atoms with Gasteiger partial charge in [-0.2, -0.15) is 13.2 Å². The number of nitrogens with two attached hydrogens (primary N) is 1. The Morgan fingerprint density at radius 2 is 1.86 bits per heavy atom. The number of imide groups is 1. The number of rotatable bonds is 4. The van der Waals surface area contributed by atoms with E-state index >= 15 is 0 Å². The molecule has 0 saturated heterocycles. The fourth-order valence-corrected chi connectivity index (χ4v) is 1.57. The second-order valence-electron chi connectivity index (χ2n) is 4.21. The van der Waals surface area contributed by atoms with Gasteiger partial charge in [0.2, 0.25) is 11.8 Å². The van der Waals surface area contributed by atoms with E-state index in [9.17, 15) is 27.6 Å². The van der Waals surface area contributed by atoms with Crippen LogP contribution in [0.2, 0.25) is 0 Å². The number of benzene rings is 1. The predicted molar refractivity (Wildman–Crippen MR) is 72.0 cm³/mol. The molecule has 0 spiro atoms. The summed E-state index contributed by atoms with van der Waals surface area (Å²) >= 11 is 0. The second-order valence-corrected chi connectivity index (χ2v) is 4.21. The van der Waals surface area contributed by atoms with Crippen molar-refractivity contribution >= 4 is 29.2 Å². The van der Waals surface area contributed by atoms with Gasteiger partial charge in [-0.25, -0.2) is 4.79 Å². The van der Waals surface area contributed by atoms with E-state index in [1.54, 1.807) is 5.32 Å². The molecule has 22 heavy (non-hydrogen) atoms. The maximum atomic E-state index is 13.0. The lowest BCUT2D eigenvalue weighted by Gasteiger charge is -2.16. The zero-order valence-corrected chi connectivity index (χ0v) is 11.4. The van der Waals surface area contributed by atoms with Crippen LogP contribution in [0.15, 0.2) is 18.2 Å². The van der Waals surface area contributed by atoms with Gasteiger partial charge in [-0.1, -0.05) is 0 Å². The maximum Gasteiger partial charge on any atom is 0.418 e.